The average molecular weight is 212 g/mol. The smallest absolute Gasteiger partial charge is 0.221 e. The van der Waals surface area contributed by atoms with Crippen molar-refractivity contribution in [3.05, 3.63) is 0 Å². The van der Waals surface area contributed by atoms with Crippen LogP contribution in [0.25, 0.3) is 0 Å². The lowest BCUT2D eigenvalue weighted by atomic mass is 9.89. The van der Waals surface area contributed by atoms with Crippen molar-refractivity contribution in [3.8, 4) is 0 Å². The second kappa shape index (κ2) is 4.49. The number of hydrogen-bond donors (Lipinski definition) is 2. The number of amides is 1. The lowest BCUT2D eigenvalue weighted by molar-refractivity contribution is -0.126. The topological polar surface area (TPSA) is 50.4 Å². The summed E-state index contributed by atoms with van der Waals surface area (Å²) in [6, 6.07) is 0.690. The molecule has 0 aromatic carbocycles. The highest BCUT2D eigenvalue weighted by Crippen LogP contribution is 2.25. The SMILES string of the molecule is CC1(CNC(=O)CCNC2CC2)COC1. The van der Waals surface area contributed by atoms with Crippen molar-refractivity contribution in [1.82, 2.24) is 10.6 Å². The first-order valence-electron chi connectivity index (χ1n) is 5.76. The molecule has 1 aliphatic heterocycles. The Bertz CT molecular complexity index is 235. The van der Waals surface area contributed by atoms with Crippen LogP contribution in [-0.4, -0.2) is 38.3 Å². The molecule has 2 rings (SSSR count). The van der Waals surface area contributed by atoms with E-state index in [1.807, 2.05) is 0 Å². The fourth-order valence-corrected chi connectivity index (χ4v) is 1.63. The predicted octanol–water partition coefficient (Wildman–Crippen LogP) is 0.281. The van der Waals surface area contributed by atoms with Crippen LogP contribution in [0.15, 0.2) is 0 Å². The Morgan fingerprint density at radius 3 is 2.73 bits per heavy atom. The molecule has 0 atom stereocenters. The molecule has 4 nitrogen and oxygen atoms in total. The van der Waals surface area contributed by atoms with Gasteiger partial charge < -0.3 is 15.4 Å². The average Bonchev–Trinajstić information content (AvgIpc) is 2.95. The van der Waals surface area contributed by atoms with E-state index in [9.17, 15) is 4.79 Å². The van der Waals surface area contributed by atoms with Crippen molar-refractivity contribution in [2.45, 2.75) is 32.2 Å². The number of ether oxygens (including phenoxy) is 1. The fraction of sp³-hybridized carbons (Fsp3) is 0.909. The molecular weight excluding hydrogens is 192 g/mol. The van der Waals surface area contributed by atoms with E-state index < -0.39 is 0 Å². The first-order chi connectivity index (χ1) is 7.18. The van der Waals surface area contributed by atoms with Crippen LogP contribution in [0, 0.1) is 5.41 Å². The molecule has 4 heteroatoms. The monoisotopic (exact) mass is 212 g/mol. The van der Waals surface area contributed by atoms with Gasteiger partial charge in [0.1, 0.15) is 0 Å². The van der Waals surface area contributed by atoms with Gasteiger partial charge in [0.25, 0.3) is 0 Å². The molecule has 86 valence electrons. The number of carbonyl (C=O) groups excluding carboxylic acids is 1. The van der Waals surface area contributed by atoms with Crippen molar-refractivity contribution < 1.29 is 9.53 Å². The molecule has 1 heterocycles. The molecule has 1 saturated carbocycles. The minimum absolute atomic E-state index is 0.149. The summed E-state index contributed by atoms with van der Waals surface area (Å²) in [6.45, 7) is 5.24. The van der Waals surface area contributed by atoms with Crippen LogP contribution in [0.1, 0.15) is 26.2 Å². The standard InChI is InChI=1S/C11H20N2O2/c1-11(7-15-8-11)6-13-10(14)4-5-12-9-2-3-9/h9,12H,2-8H2,1H3,(H,13,14). The first-order valence-corrected chi connectivity index (χ1v) is 5.76. The van der Waals surface area contributed by atoms with Gasteiger partial charge in [-0.2, -0.15) is 0 Å². The van der Waals surface area contributed by atoms with Crippen LogP contribution in [0.3, 0.4) is 0 Å². The van der Waals surface area contributed by atoms with Crippen molar-refractivity contribution >= 4 is 5.91 Å². The maximum Gasteiger partial charge on any atom is 0.221 e. The van der Waals surface area contributed by atoms with Gasteiger partial charge in [0, 0.05) is 31.0 Å². The summed E-state index contributed by atoms with van der Waals surface area (Å²) in [6.07, 6.45) is 3.14. The molecule has 1 saturated heterocycles. The van der Waals surface area contributed by atoms with Gasteiger partial charge in [-0.3, -0.25) is 4.79 Å². The zero-order chi connectivity index (χ0) is 10.7. The minimum atomic E-state index is 0.149. The van der Waals surface area contributed by atoms with E-state index in [1.54, 1.807) is 0 Å². The normalized spacial score (nSPS) is 23.3. The molecule has 2 aliphatic rings. The molecule has 0 radical (unpaired) electrons. The summed E-state index contributed by atoms with van der Waals surface area (Å²) in [4.78, 5) is 11.4. The highest BCUT2D eigenvalue weighted by Gasteiger charge is 2.33. The van der Waals surface area contributed by atoms with Crippen LogP contribution in [-0.2, 0) is 9.53 Å². The van der Waals surface area contributed by atoms with Crippen LogP contribution in [0.4, 0.5) is 0 Å². The summed E-state index contributed by atoms with van der Waals surface area (Å²) in [5.74, 6) is 0.149. The largest absolute Gasteiger partial charge is 0.380 e. The van der Waals surface area contributed by atoms with E-state index in [0.29, 0.717) is 12.5 Å². The van der Waals surface area contributed by atoms with Crippen LogP contribution in [0.2, 0.25) is 0 Å². The summed E-state index contributed by atoms with van der Waals surface area (Å²) in [5, 5.41) is 6.29. The maximum absolute atomic E-state index is 11.4. The third kappa shape index (κ3) is 3.47. The summed E-state index contributed by atoms with van der Waals surface area (Å²) in [5.41, 5.74) is 0.180. The van der Waals surface area contributed by atoms with E-state index in [4.69, 9.17) is 4.74 Å². The van der Waals surface area contributed by atoms with Gasteiger partial charge in [0.05, 0.1) is 13.2 Å². The predicted molar refractivity (Wildman–Crippen MR) is 57.6 cm³/mol. The Morgan fingerprint density at radius 1 is 1.47 bits per heavy atom. The number of nitrogens with one attached hydrogen (secondary N) is 2. The van der Waals surface area contributed by atoms with Crippen molar-refractivity contribution in [2.24, 2.45) is 5.41 Å². The lowest BCUT2D eigenvalue weighted by Gasteiger charge is -2.38. The molecule has 2 N–H and O–H groups in total. The molecule has 0 spiro atoms. The van der Waals surface area contributed by atoms with E-state index in [0.717, 1.165) is 26.3 Å². The number of rotatable bonds is 6. The van der Waals surface area contributed by atoms with Gasteiger partial charge >= 0.3 is 0 Å². The Labute approximate surface area is 90.8 Å². The van der Waals surface area contributed by atoms with Gasteiger partial charge in [0.2, 0.25) is 5.91 Å². The summed E-state index contributed by atoms with van der Waals surface area (Å²) in [7, 11) is 0. The molecule has 1 aliphatic carbocycles. The molecule has 0 aromatic heterocycles. The Morgan fingerprint density at radius 2 is 2.20 bits per heavy atom. The van der Waals surface area contributed by atoms with E-state index in [1.165, 1.54) is 12.8 Å². The molecule has 1 amide bonds. The first kappa shape index (κ1) is 10.9. The van der Waals surface area contributed by atoms with Gasteiger partial charge in [-0.25, -0.2) is 0 Å². The number of hydrogen-bond acceptors (Lipinski definition) is 3. The molecule has 2 fully saturated rings. The second-order valence-electron chi connectivity index (χ2n) is 5.06. The van der Waals surface area contributed by atoms with E-state index >= 15 is 0 Å². The third-order valence-electron chi connectivity index (χ3n) is 2.98. The van der Waals surface area contributed by atoms with Crippen molar-refractivity contribution in [3.63, 3.8) is 0 Å². The van der Waals surface area contributed by atoms with Crippen LogP contribution >= 0.6 is 0 Å². The van der Waals surface area contributed by atoms with Crippen molar-refractivity contribution in [2.75, 3.05) is 26.3 Å². The summed E-state index contributed by atoms with van der Waals surface area (Å²) >= 11 is 0. The zero-order valence-electron chi connectivity index (χ0n) is 9.34. The Balaban J connectivity index is 1.51. The molecular formula is C11H20N2O2. The fourth-order valence-electron chi connectivity index (χ4n) is 1.63. The zero-order valence-corrected chi connectivity index (χ0v) is 9.34. The maximum atomic E-state index is 11.4. The van der Waals surface area contributed by atoms with Crippen molar-refractivity contribution in [1.29, 1.82) is 0 Å². The van der Waals surface area contributed by atoms with Crippen LogP contribution in [0.5, 0.6) is 0 Å². The molecule has 0 aromatic rings. The quantitative estimate of drug-likeness (QED) is 0.665. The van der Waals surface area contributed by atoms with Gasteiger partial charge in [-0.1, -0.05) is 6.92 Å². The Kier molecular flexibility index (Phi) is 3.26. The van der Waals surface area contributed by atoms with Gasteiger partial charge in [0.15, 0.2) is 0 Å². The lowest BCUT2D eigenvalue weighted by Crippen LogP contribution is -2.48. The highest BCUT2D eigenvalue weighted by molar-refractivity contribution is 5.76. The highest BCUT2D eigenvalue weighted by atomic mass is 16.5. The van der Waals surface area contributed by atoms with Gasteiger partial charge in [-0.15, -0.1) is 0 Å². The second-order valence-corrected chi connectivity index (χ2v) is 5.06. The van der Waals surface area contributed by atoms with Crippen LogP contribution < -0.4 is 10.6 Å². The minimum Gasteiger partial charge on any atom is -0.380 e. The third-order valence-corrected chi connectivity index (χ3v) is 2.98. The molecule has 15 heavy (non-hydrogen) atoms. The molecule has 0 bridgehead atoms. The van der Waals surface area contributed by atoms with E-state index in [2.05, 4.69) is 17.6 Å². The Hall–Kier alpha value is -0.610. The summed E-state index contributed by atoms with van der Waals surface area (Å²) < 4.78 is 5.13. The van der Waals surface area contributed by atoms with Gasteiger partial charge in [-0.05, 0) is 12.8 Å². The molecule has 0 unspecified atom stereocenters. The number of carbonyl (C=O) groups is 1. The van der Waals surface area contributed by atoms with E-state index in [-0.39, 0.29) is 11.3 Å².